The standard InChI is InChI=1S/C24H27ClN2O6/c1-13-9-14(26-12-15(27(2)3)16-7-6-8-32-16)10-19(28)24(13)23(29)20-17(30-4)11-18(31-5)21(25)22(20)33-24/h6-8,10-11,13,15,26H,9,12H2,1-5H3/t13-,15?,24+/m1/s1. The van der Waals surface area contributed by atoms with Crippen LogP contribution in [0.3, 0.4) is 0 Å². The lowest BCUT2D eigenvalue weighted by molar-refractivity contribution is -0.129. The van der Waals surface area contributed by atoms with E-state index in [9.17, 15) is 9.59 Å². The molecule has 0 bridgehead atoms. The minimum absolute atomic E-state index is 0.0219. The molecule has 0 fully saturated rings. The number of rotatable bonds is 7. The smallest absolute Gasteiger partial charge is 0.236 e. The number of nitrogens with one attached hydrogen (secondary N) is 1. The maximum Gasteiger partial charge on any atom is 0.236 e. The highest BCUT2D eigenvalue weighted by Crippen LogP contribution is 2.52. The van der Waals surface area contributed by atoms with Crippen molar-refractivity contribution in [3.63, 3.8) is 0 Å². The van der Waals surface area contributed by atoms with Gasteiger partial charge in [-0.05, 0) is 32.6 Å². The zero-order valence-corrected chi connectivity index (χ0v) is 20.0. The number of ether oxygens (including phenoxy) is 3. The second-order valence-electron chi connectivity index (χ2n) is 8.48. The van der Waals surface area contributed by atoms with Gasteiger partial charge < -0.3 is 23.9 Å². The van der Waals surface area contributed by atoms with Crippen LogP contribution in [0.25, 0.3) is 0 Å². The number of benzene rings is 1. The van der Waals surface area contributed by atoms with Gasteiger partial charge in [0, 0.05) is 30.3 Å². The lowest BCUT2D eigenvalue weighted by atomic mass is 9.74. The molecule has 9 heteroatoms. The molecule has 1 N–H and O–H groups in total. The Morgan fingerprint density at radius 2 is 2.00 bits per heavy atom. The van der Waals surface area contributed by atoms with Gasteiger partial charge >= 0.3 is 0 Å². The van der Waals surface area contributed by atoms with E-state index in [1.54, 1.807) is 6.26 Å². The summed E-state index contributed by atoms with van der Waals surface area (Å²) in [6, 6.07) is 5.26. The summed E-state index contributed by atoms with van der Waals surface area (Å²) in [4.78, 5) is 29.0. The SMILES string of the molecule is COc1cc(OC)c2c(c1Cl)O[C@@]1(C(=O)C=C(NCC(c3ccco3)N(C)C)C[C@H]1C)C2=O. The van der Waals surface area contributed by atoms with Gasteiger partial charge in [-0.25, -0.2) is 0 Å². The number of hydrogen-bond acceptors (Lipinski definition) is 8. The van der Waals surface area contributed by atoms with Crippen LogP contribution in [0.15, 0.2) is 40.7 Å². The molecule has 1 spiro atoms. The Balaban J connectivity index is 1.62. The first-order chi connectivity index (χ1) is 15.7. The maximum atomic E-state index is 13.5. The van der Waals surface area contributed by atoms with Crippen molar-refractivity contribution in [3.05, 3.63) is 52.6 Å². The fourth-order valence-corrected chi connectivity index (χ4v) is 4.76. The monoisotopic (exact) mass is 474 g/mol. The molecule has 0 saturated carbocycles. The Morgan fingerprint density at radius 1 is 1.27 bits per heavy atom. The fourth-order valence-electron chi connectivity index (χ4n) is 4.50. The van der Waals surface area contributed by atoms with Crippen molar-refractivity contribution in [1.29, 1.82) is 0 Å². The van der Waals surface area contributed by atoms with Crippen LogP contribution in [0.4, 0.5) is 0 Å². The van der Waals surface area contributed by atoms with Crippen LogP contribution < -0.4 is 19.5 Å². The lowest BCUT2D eigenvalue weighted by Crippen LogP contribution is -2.55. The summed E-state index contributed by atoms with van der Waals surface area (Å²) >= 11 is 6.43. The average Bonchev–Trinajstić information content (AvgIpc) is 3.41. The first-order valence-corrected chi connectivity index (χ1v) is 11.0. The third-order valence-electron chi connectivity index (χ3n) is 6.33. The third kappa shape index (κ3) is 3.67. The van der Waals surface area contributed by atoms with Crippen molar-refractivity contribution in [2.45, 2.75) is 25.0 Å². The number of Topliss-reactive ketones (excluding diaryl/α,β-unsaturated/α-hetero) is 1. The van der Waals surface area contributed by atoms with E-state index >= 15 is 0 Å². The molecule has 2 heterocycles. The molecule has 1 aromatic heterocycles. The van der Waals surface area contributed by atoms with Crippen molar-refractivity contribution in [3.8, 4) is 17.2 Å². The number of allylic oxidation sites excluding steroid dienone is 1. The number of methoxy groups -OCH3 is 2. The first-order valence-electron chi connectivity index (χ1n) is 10.6. The number of ketones is 2. The Kier molecular flexibility index (Phi) is 6.16. The number of likely N-dealkylation sites (N-methyl/N-ethyl adjacent to an activating group) is 1. The van der Waals surface area contributed by atoms with Crippen molar-refractivity contribution in [2.24, 2.45) is 5.92 Å². The van der Waals surface area contributed by atoms with E-state index in [0.29, 0.717) is 18.7 Å². The van der Waals surface area contributed by atoms with Gasteiger partial charge in [0.25, 0.3) is 0 Å². The normalized spacial score (nSPS) is 22.8. The summed E-state index contributed by atoms with van der Waals surface area (Å²) in [5.41, 5.74) is -0.781. The second kappa shape index (κ2) is 8.76. The average molecular weight is 475 g/mol. The summed E-state index contributed by atoms with van der Waals surface area (Å²) in [5, 5.41) is 3.49. The van der Waals surface area contributed by atoms with Crippen LogP contribution in [0.1, 0.15) is 35.5 Å². The van der Waals surface area contributed by atoms with Crippen LogP contribution in [0.5, 0.6) is 17.2 Å². The van der Waals surface area contributed by atoms with E-state index in [2.05, 4.69) is 5.32 Å². The van der Waals surface area contributed by atoms with E-state index in [1.807, 2.05) is 38.1 Å². The molecular weight excluding hydrogens is 448 g/mol. The van der Waals surface area contributed by atoms with Crippen molar-refractivity contribution in [1.82, 2.24) is 10.2 Å². The number of fused-ring (bicyclic) bond motifs is 1. The molecule has 0 radical (unpaired) electrons. The summed E-state index contributed by atoms with van der Waals surface area (Å²) in [6.07, 6.45) is 3.53. The van der Waals surface area contributed by atoms with Crippen molar-refractivity contribution >= 4 is 23.2 Å². The summed E-state index contributed by atoms with van der Waals surface area (Å²) in [6.45, 7) is 2.36. The Bertz CT molecular complexity index is 1110. The predicted octanol–water partition coefficient (Wildman–Crippen LogP) is 3.65. The van der Waals surface area contributed by atoms with Crippen LogP contribution in [0.2, 0.25) is 5.02 Å². The maximum absolute atomic E-state index is 13.5. The predicted molar refractivity (Wildman–Crippen MR) is 122 cm³/mol. The molecule has 0 saturated heterocycles. The molecule has 2 aromatic rings. The first kappa shape index (κ1) is 23.2. The molecule has 1 unspecified atom stereocenters. The number of carbonyl (C=O) groups excluding carboxylic acids is 2. The van der Waals surface area contributed by atoms with Gasteiger partial charge in [0.05, 0.1) is 26.5 Å². The van der Waals surface area contributed by atoms with Crippen LogP contribution in [-0.2, 0) is 4.79 Å². The van der Waals surface area contributed by atoms with E-state index in [1.165, 1.54) is 26.4 Å². The molecule has 3 atom stereocenters. The summed E-state index contributed by atoms with van der Waals surface area (Å²) in [5.74, 6) is 0.181. The second-order valence-corrected chi connectivity index (χ2v) is 8.86. The highest BCUT2D eigenvalue weighted by molar-refractivity contribution is 6.36. The zero-order valence-electron chi connectivity index (χ0n) is 19.2. The minimum atomic E-state index is -1.68. The molecule has 4 rings (SSSR count). The quantitative estimate of drug-likeness (QED) is 0.608. The van der Waals surface area contributed by atoms with Gasteiger partial charge in [-0.1, -0.05) is 18.5 Å². The number of carbonyl (C=O) groups is 2. The highest BCUT2D eigenvalue weighted by atomic mass is 35.5. The lowest BCUT2D eigenvalue weighted by Gasteiger charge is -2.35. The van der Waals surface area contributed by atoms with Crippen LogP contribution in [0, 0.1) is 5.92 Å². The van der Waals surface area contributed by atoms with E-state index < -0.39 is 23.1 Å². The molecule has 0 amide bonds. The van der Waals surface area contributed by atoms with Crippen molar-refractivity contribution < 1.29 is 28.2 Å². The number of furan rings is 1. The molecule has 176 valence electrons. The van der Waals surface area contributed by atoms with E-state index in [0.717, 1.165) is 11.5 Å². The minimum Gasteiger partial charge on any atom is -0.496 e. The Hall–Kier alpha value is -2.97. The van der Waals surface area contributed by atoms with Gasteiger partial charge in [-0.3, -0.25) is 14.5 Å². The number of nitrogens with zero attached hydrogens (tertiary/aromatic N) is 1. The molecule has 1 aromatic carbocycles. The topological polar surface area (TPSA) is 90.2 Å². The number of hydrogen-bond donors (Lipinski definition) is 1. The van der Waals surface area contributed by atoms with Gasteiger partial charge in [0.1, 0.15) is 27.8 Å². The fraction of sp³-hybridized carbons (Fsp3) is 0.417. The molecule has 2 aliphatic rings. The van der Waals surface area contributed by atoms with Crippen molar-refractivity contribution in [2.75, 3.05) is 34.9 Å². The van der Waals surface area contributed by atoms with Gasteiger partial charge in [0.2, 0.25) is 17.2 Å². The third-order valence-corrected chi connectivity index (χ3v) is 6.69. The molecular formula is C24H27ClN2O6. The van der Waals surface area contributed by atoms with E-state index in [4.69, 9.17) is 30.2 Å². The highest BCUT2D eigenvalue weighted by Gasteiger charge is 2.60. The van der Waals surface area contributed by atoms with Gasteiger partial charge in [-0.15, -0.1) is 0 Å². The zero-order chi connectivity index (χ0) is 23.9. The molecule has 1 aliphatic carbocycles. The number of halogens is 1. The summed E-state index contributed by atoms with van der Waals surface area (Å²) < 4.78 is 22.3. The van der Waals surface area contributed by atoms with E-state index in [-0.39, 0.29) is 28.1 Å². The Labute approximate surface area is 197 Å². The molecule has 1 aliphatic heterocycles. The van der Waals surface area contributed by atoms with Gasteiger partial charge in [-0.2, -0.15) is 0 Å². The summed E-state index contributed by atoms with van der Waals surface area (Å²) in [7, 11) is 6.81. The van der Waals surface area contributed by atoms with Crippen LogP contribution in [-0.4, -0.2) is 56.9 Å². The molecule has 8 nitrogen and oxygen atoms in total. The van der Waals surface area contributed by atoms with Crippen LogP contribution >= 0.6 is 11.6 Å². The Morgan fingerprint density at radius 3 is 2.58 bits per heavy atom. The largest absolute Gasteiger partial charge is 0.496 e. The molecule has 33 heavy (non-hydrogen) atoms. The van der Waals surface area contributed by atoms with Gasteiger partial charge in [0.15, 0.2) is 5.75 Å².